The summed E-state index contributed by atoms with van der Waals surface area (Å²) in [6.07, 6.45) is 0. The fourth-order valence-electron chi connectivity index (χ4n) is 6.47. The summed E-state index contributed by atoms with van der Waals surface area (Å²) < 4.78 is 86.6. The monoisotopic (exact) mass is 665 g/mol. The molecule has 0 fully saturated rings. The van der Waals surface area contributed by atoms with Crippen molar-refractivity contribution in [3.8, 4) is 51.0 Å². The maximum absolute atomic E-state index is 10.2. The molecular weight excluding hydrogens is 629 g/mol. The van der Waals surface area contributed by atoms with Crippen LogP contribution < -0.4 is 0 Å². The highest BCUT2D eigenvalue weighted by Gasteiger charge is 2.21. The largest absolute Gasteiger partial charge is 0.309 e. The summed E-state index contributed by atoms with van der Waals surface area (Å²) in [6.45, 7) is 0. The minimum absolute atomic E-state index is 0.00330. The van der Waals surface area contributed by atoms with E-state index in [1.807, 2.05) is 103 Å². The Balaban J connectivity index is 1.42. The highest BCUT2D eigenvalue weighted by Crippen LogP contribution is 2.42. The molecule has 0 saturated heterocycles. The Bertz CT molecular complexity index is 3260. The average Bonchev–Trinajstić information content (AvgIpc) is 3.82. The van der Waals surface area contributed by atoms with Crippen molar-refractivity contribution < 1.29 is 12.3 Å². The van der Waals surface area contributed by atoms with Crippen LogP contribution in [0.1, 0.15) is 12.3 Å². The number of fused-ring (bicyclic) bond motifs is 6. The van der Waals surface area contributed by atoms with Gasteiger partial charge in [0, 0.05) is 47.6 Å². The third-order valence-electron chi connectivity index (χ3n) is 8.74. The van der Waals surface area contributed by atoms with Gasteiger partial charge < -0.3 is 4.57 Å². The molecule has 0 atom stereocenters. The van der Waals surface area contributed by atoms with Gasteiger partial charge in [0.05, 0.1) is 29.1 Å². The van der Waals surface area contributed by atoms with E-state index >= 15 is 0 Å². The van der Waals surface area contributed by atoms with Crippen LogP contribution in [0.3, 0.4) is 0 Å². The van der Waals surface area contributed by atoms with Gasteiger partial charge >= 0.3 is 0 Å². The van der Waals surface area contributed by atoms with Gasteiger partial charge in [-0.3, -0.25) is 0 Å². The molecule has 0 N–H and O–H groups in total. The van der Waals surface area contributed by atoms with Crippen LogP contribution in [0.15, 0.2) is 170 Å². The first kappa shape index (κ1) is 20.8. The molecule has 50 heavy (non-hydrogen) atoms. The van der Waals surface area contributed by atoms with Crippen LogP contribution in [0.2, 0.25) is 0 Å². The third-order valence-corrected chi connectivity index (χ3v) is 9.96. The van der Waals surface area contributed by atoms with E-state index in [4.69, 9.17) is 20.4 Å². The molecule has 5 heteroatoms. The standard InChI is InChI=1S/C45H28N4S/c1-3-14-29(15-4-1)43-46-44(30-16-5-2-6-17-30)48-45(47-43)37-28-31(32-21-13-22-36-35-20-9-12-25-41(35)50-42(32)36)26-27-40(37)49-38-23-10-7-18-33(38)34-19-8-11-24-39(34)49/h1-28H/i7D,8D,18D,19D,23D,24D,26D,27D,28D. The fraction of sp³-hybridized carbons (Fsp3) is 0. The van der Waals surface area contributed by atoms with E-state index in [0.717, 1.165) is 20.2 Å². The Hall–Kier alpha value is -6.43. The molecule has 7 aromatic carbocycles. The summed E-state index contributed by atoms with van der Waals surface area (Å²) in [5.74, 6) is 0.535. The van der Waals surface area contributed by atoms with Crippen molar-refractivity contribution in [2.24, 2.45) is 0 Å². The quantitative estimate of drug-likeness (QED) is 0.184. The number of para-hydroxylation sites is 2. The maximum atomic E-state index is 10.2. The molecule has 3 heterocycles. The number of rotatable bonds is 5. The first-order valence-corrected chi connectivity index (χ1v) is 16.8. The molecule has 4 nitrogen and oxygen atoms in total. The number of aromatic nitrogens is 4. The molecule has 0 aliphatic heterocycles. The van der Waals surface area contributed by atoms with E-state index in [-0.39, 0.29) is 110 Å². The fourth-order valence-corrected chi connectivity index (χ4v) is 7.69. The predicted octanol–water partition coefficient (Wildman–Crippen LogP) is 12.0. The SMILES string of the molecule is [2H]c1cc([2H])c2c(c1[2H])c1c([2H])c([2H])cc([2H])c1n2-c1c([2H])c([2H])c(-c2cccc3c2sc2ccccc23)c([2H])c1-c1nc(-c2ccccc2)nc(-c2ccccc2)n1. The maximum Gasteiger partial charge on any atom is 0.166 e. The van der Waals surface area contributed by atoms with Crippen LogP contribution in [0.25, 0.3) is 93.0 Å². The van der Waals surface area contributed by atoms with E-state index in [1.54, 1.807) is 0 Å². The molecule has 0 aliphatic rings. The van der Waals surface area contributed by atoms with E-state index in [0.29, 0.717) is 16.7 Å². The van der Waals surface area contributed by atoms with Gasteiger partial charge in [0.1, 0.15) is 0 Å². The van der Waals surface area contributed by atoms with Crippen molar-refractivity contribution in [2.75, 3.05) is 0 Å². The zero-order valence-electron chi connectivity index (χ0n) is 35.2. The lowest BCUT2D eigenvalue weighted by molar-refractivity contribution is 1.06. The minimum Gasteiger partial charge on any atom is -0.309 e. The zero-order chi connectivity index (χ0) is 40.9. The first-order valence-electron chi connectivity index (χ1n) is 20.5. The predicted molar refractivity (Wildman–Crippen MR) is 209 cm³/mol. The van der Waals surface area contributed by atoms with Crippen molar-refractivity contribution in [1.82, 2.24) is 19.5 Å². The van der Waals surface area contributed by atoms with E-state index in [2.05, 4.69) is 0 Å². The van der Waals surface area contributed by atoms with Crippen LogP contribution in [0, 0.1) is 0 Å². The molecule has 0 amide bonds. The lowest BCUT2D eigenvalue weighted by atomic mass is 9.99. The van der Waals surface area contributed by atoms with Crippen molar-refractivity contribution >= 4 is 53.3 Å². The van der Waals surface area contributed by atoms with Gasteiger partial charge in [-0.05, 0) is 41.4 Å². The van der Waals surface area contributed by atoms with E-state index in [9.17, 15) is 6.85 Å². The number of hydrogen-bond donors (Lipinski definition) is 0. The molecule has 234 valence electrons. The third kappa shape index (κ3) is 4.63. The number of nitrogens with zero attached hydrogens (tertiary/aromatic N) is 4. The summed E-state index contributed by atoms with van der Waals surface area (Å²) in [5, 5.41) is 1.92. The highest BCUT2D eigenvalue weighted by molar-refractivity contribution is 7.26. The number of benzene rings is 7. The molecular formula is C45H28N4S. The normalized spacial score (nSPS) is 14.1. The van der Waals surface area contributed by atoms with Crippen LogP contribution in [0.4, 0.5) is 0 Å². The van der Waals surface area contributed by atoms with Crippen molar-refractivity contribution in [1.29, 1.82) is 0 Å². The molecule has 10 aromatic rings. The van der Waals surface area contributed by atoms with Gasteiger partial charge in [0.2, 0.25) is 0 Å². The summed E-state index contributed by atoms with van der Waals surface area (Å²) in [5.41, 5.74) is 1.87. The van der Waals surface area contributed by atoms with Gasteiger partial charge in [-0.25, -0.2) is 15.0 Å². The molecule has 3 aromatic heterocycles. The van der Waals surface area contributed by atoms with Crippen molar-refractivity contribution in [2.45, 2.75) is 0 Å². The molecule has 0 radical (unpaired) electrons. The Labute approximate surface area is 305 Å². The van der Waals surface area contributed by atoms with Crippen LogP contribution >= 0.6 is 11.3 Å². The molecule has 0 bridgehead atoms. The Morgan fingerprint density at radius 3 is 1.74 bits per heavy atom. The summed E-state index contributed by atoms with van der Waals surface area (Å²) in [6, 6.07) is 32.0. The first-order chi connectivity index (χ1) is 28.5. The van der Waals surface area contributed by atoms with Crippen molar-refractivity contribution in [3.05, 3.63) is 170 Å². The van der Waals surface area contributed by atoms with E-state index < -0.39 is 0 Å². The van der Waals surface area contributed by atoms with Gasteiger partial charge in [-0.2, -0.15) is 0 Å². The molecule has 0 unspecified atom stereocenters. The van der Waals surface area contributed by atoms with Gasteiger partial charge in [-0.15, -0.1) is 11.3 Å². The van der Waals surface area contributed by atoms with Gasteiger partial charge in [-0.1, -0.05) is 139 Å². The Kier molecular flexibility index (Phi) is 4.84. The average molecular weight is 666 g/mol. The second-order valence-corrected chi connectivity index (χ2v) is 12.7. The van der Waals surface area contributed by atoms with Crippen LogP contribution in [0.5, 0.6) is 0 Å². The molecule has 10 rings (SSSR count). The molecule has 0 saturated carbocycles. The second kappa shape index (κ2) is 11.6. The molecule has 0 aliphatic carbocycles. The van der Waals surface area contributed by atoms with Crippen LogP contribution in [-0.4, -0.2) is 19.5 Å². The Morgan fingerprint density at radius 1 is 0.460 bits per heavy atom. The van der Waals surface area contributed by atoms with Crippen molar-refractivity contribution in [3.63, 3.8) is 0 Å². The summed E-state index contributed by atoms with van der Waals surface area (Å²) in [7, 11) is 0. The zero-order valence-corrected chi connectivity index (χ0v) is 27.0. The minimum atomic E-state index is -0.382. The van der Waals surface area contributed by atoms with Gasteiger partial charge in [0.25, 0.3) is 0 Å². The van der Waals surface area contributed by atoms with Crippen LogP contribution in [-0.2, 0) is 0 Å². The van der Waals surface area contributed by atoms with Gasteiger partial charge in [0.15, 0.2) is 17.5 Å². The van der Waals surface area contributed by atoms with E-state index in [1.165, 1.54) is 28.0 Å². The lowest BCUT2D eigenvalue weighted by Gasteiger charge is -2.16. The summed E-state index contributed by atoms with van der Waals surface area (Å²) in [4.78, 5) is 14.8. The number of hydrogen-bond acceptors (Lipinski definition) is 4. The second-order valence-electron chi connectivity index (χ2n) is 11.7. The highest BCUT2D eigenvalue weighted by atomic mass is 32.1. The lowest BCUT2D eigenvalue weighted by Crippen LogP contribution is -2.04. The molecule has 0 spiro atoms. The summed E-state index contributed by atoms with van der Waals surface area (Å²) >= 11 is 1.52. The topological polar surface area (TPSA) is 43.6 Å². The smallest absolute Gasteiger partial charge is 0.166 e. The number of thiophene rings is 1. The Morgan fingerprint density at radius 2 is 1.06 bits per heavy atom.